The van der Waals surface area contributed by atoms with Crippen LogP contribution in [0.15, 0.2) is 47.9 Å². The molecule has 2 aromatic carbocycles. The fraction of sp³-hybridized carbons (Fsp3) is 0.400. The number of ether oxygens (including phenoxy) is 3. The topological polar surface area (TPSA) is 63.5 Å². The summed E-state index contributed by atoms with van der Waals surface area (Å²) in [6.07, 6.45) is 3.33. The van der Waals surface area contributed by atoms with Crippen molar-refractivity contribution < 1.29 is 14.2 Å². The van der Waals surface area contributed by atoms with E-state index in [2.05, 4.69) is 41.9 Å². The standard InChI is InChI=1S/C25H28N2O3S2/c1-31-12-2-9-27-15-18-3-5-19(6-4-18)16-30-25-21(14-26)22(17-32-25)20-7-8-23-24(13-20)29-11-10-28-23/h3-8,13,17,21,25,27H,2,9-12,15-16H2,1H3. The summed E-state index contributed by atoms with van der Waals surface area (Å²) < 4.78 is 17.4. The minimum Gasteiger partial charge on any atom is -0.486 e. The van der Waals surface area contributed by atoms with Gasteiger partial charge >= 0.3 is 0 Å². The first-order chi connectivity index (χ1) is 15.8. The number of nitrogens with one attached hydrogen (secondary N) is 1. The lowest BCUT2D eigenvalue weighted by Crippen LogP contribution is -2.17. The zero-order valence-electron chi connectivity index (χ0n) is 18.2. The predicted molar refractivity (Wildman–Crippen MR) is 132 cm³/mol. The van der Waals surface area contributed by atoms with Crippen LogP contribution in [0.1, 0.15) is 23.1 Å². The molecular formula is C25H28N2O3S2. The largest absolute Gasteiger partial charge is 0.486 e. The normalized spacial score (nSPS) is 19.4. The highest BCUT2D eigenvalue weighted by Gasteiger charge is 2.33. The van der Waals surface area contributed by atoms with Gasteiger partial charge in [-0.1, -0.05) is 30.3 Å². The molecule has 2 atom stereocenters. The van der Waals surface area contributed by atoms with Crippen molar-refractivity contribution in [3.8, 4) is 17.6 Å². The summed E-state index contributed by atoms with van der Waals surface area (Å²) in [7, 11) is 0. The average Bonchev–Trinajstić information content (AvgIpc) is 3.26. The number of benzene rings is 2. The van der Waals surface area contributed by atoms with Crippen molar-refractivity contribution in [2.24, 2.45) is 5.92 Å². The molecule has 2 aliphatic rings. The van der Waals surface area contributed by atoms with Gasteiger partial charge in [0.05, 0.1) is 12.7 Å². The van der Waals surface area contributed by atoms with Crippen LogP contribution in [-0.2, 0) is 17.9 Å². The molecule has 0 fully saturated rings. The van der Waals surface area contributed by atoms with E-state index in [9.17, 15) is 5.26 Å². The van der Waals surface area contributed by atoms with E-state index >= 15 is 0 Å². The van der Waals surface area contributed by atoms with Crippen LogP contribution in [0.4, 0.5) is 0 Å². The number of nitriles is 1. The number of hydrogen-bond donors (Lipinski definition) is 1. The summed E-state index contributed by atoms with van der Waals surface area (Å²) in [6.45, 7) is 3.52. The summed E-state index contributed by atoms with van der Waals surface area (Å²) in [5, 5.41) is 15.3. The number of rotatable bonds is 10. The molecule has 0 amide bonds. The Hall–Kier alpha value is -2.11. The molecule has 4 rings (SSSR count). The summed E-state index contributed by atoms with van der Waals surface area (Å²) in [6, 6.07) is 16.8. The molecule has 32 heavy (non-hydrogen) atoms. The van der Waals surface area contributed by atoms with E-state index in [-0.39, 0.29) is 11.4 Å². The third-order valence-corrected chi connectivity index (χ3v) is 7.18. The first kappa shape index (κ1) is 23.1. The van der Waals surface area contributed by atoms with Crippen LogP contribution in [0.2, 0.25) is 0 Å². The van der Waals surface area contributed by atoms with Crippen molar-refractivity contribution in [2.45, 2.75) is 25.0 Å². The molecule has 7 heteroatoms. The maximum Gasteiger partial charge on any atom is 0.161 e. The van der Waals surface area contributed by atoms with Gasteiger partial charge in [0, 0.05) is 6.54 Å². The van der Waals surface area contributed by atoms with E-state index < -0.39 is 0 Å². The van der Waals surface area contributed by atoms with Crippen LogP contribution in [0.3, 0.4) is 0 Å². The fourth-order valence-electron chi connectivity index (χ4n) is 3.68. The number of hydrogen-bond acceptors (Lipinski definition) is 7. The highest BCUT2D eigenvalue weighted by Crippen LogP contribution is 2.44. The Morgan fingerprint density at radius 3 is 2.69 bits per heavy atom. The lowest BCUT2D eigenvalue weighted by Gasteiger charge is -2.20. The van der Waals surface area contributed by atoms with Crippen molar-refractivity contribution in [3.05, 3.63) is 64.6 Å². The van der Waals surface area contributed by atoms with Crippen LogP contribution in [0.25, 0.3) is 5.57 Å². The Kier molecular flexibility index (Phi) is 8.41. The third-order valence-electron chi connectivity index (χ3n) is 5.42. The zero-order valence-corrected chi connectivity index (χ0v) is 19.8. The molecular weight excluding hydrogens is 440 g/mol. The van der Waals surface area contributed by atoms with Crippen LogP contribution < -0.4 is 14.8 Å². The number of nitrogens with zero attached hydrogens (tertiary/aromatic N) is 1. The molecule has 2 unspecified atom stereocenters. The Labute approximate surface area is 198 Å². The van der Waals surface area contributed by atoms with Crippen molar-refractivity contribution >= 4 is 29.1 Å². The van der Waals surface area contributed by atoms with Gasteiger partial charge in [-0.2, -0.15) is 17.0 Å². The molecule has 2 heterocycles. The van der Waals surface area contributed by atoms with Gasteiger partial charge in [-0.05, 0) is 64.8 Å². The van der Waals surface area contributed by atoms with Gasteiger partial charge in [-0.3, -0.25) is 0 Å². The molecule has 0 radical (unpaired) electrons. The highest BCUT2D eigenvalue weighted by atomic mass is 32.2. The van der Waals surface area contributed by atoms with Crippen molar-refractivity contribution in [1.82, 2.24) is 5.32 Å². The minimum atomic E-state index is -0.327. The predicted octanol–water partition coefficient (Wildman–Crippen LogP) is 5.07. The molecule has 5 nitrogen and oxygen atoms in total. The first-order valence-corrected chi connectivity index (χ1v) is 13.2. The second kappa shape index (κ2) is 11.7. The van der Waals surface area contributed by atoms with Crippen LogP contribution >= 0.6 is 23.5 Å². The maximum atomic E-state index is 9.83. The van der Waals surface area contributed by atoms with Crippen LogP contribution in [-0.4, -0.2) is 37.2 Å². The summed E-state index contributed by atoms with van der Waals surface area (Å²) in [4.78, 5) is 0. The van der Waals surface area contributed by atoms with Crippen molar-refractivity contribution in [2.75, 3.05) is 31.8 Å². The Bertz CT molecular complexity index is 972. The van der Waals surface area contributed by atoms with Crippen molar-refractivity contribution in [1.29, 1.82) is 5.26 Å². The van der Waals surface area contributed by atoms with Gasteiger partial charge in [0.1, 0.15) is 24.6 Å². The molecule has 0 aliphatic carbocycles. The molecule has 2 aliphatic heterocycles. The molecule has 0 aromatic heterocycles. The van der Waals surface area contributed by atoms with Crippen LogP contribution in [0, 0.1) is 17.2 Å². The minimum absolute atomic E-state index is 0.221. The molecule has 1 N–H and O–H groups in total. The molecule has 168 valence electrons. The Morgan fingerprint density at radius 1 is 1.12 bits per heavy atom. The highest BCUT2D eigenvalue weighted by molar-refractivity contribution is 8.03. The molecule has 0 bridgehead atoms. The SMILES string of the molecule is CSCCCNCc1ccc(COC2SC=C(c3ccc4c(c3)OCCO4)C2C#N)cc1. The van der Waals surface area contributed by atoms with E-state index in [0.717, 1.165) is 41.3 Å². The second-order valence-electron chi connectivity index (χ2n) is 7.69. The Balaban J connectivity index is 1.30. The zero-order chi connectivity index (χ0) is 22.2. The van der Waals surface area contributed by atoms with Gasteiger partial charge in [0.25, 0.3) is 0 Å². The molecule has 0 saturated heterocycles. The molecule has 0 spiro atoms. The van der Waals surface area contributed by atoms with E-state index in [1.54, 1.807) is 11.8 Å². The van der Waals surface area contributed by atoms with Gasteiger partial charge in [-0.15, -0.1) is 11.8 Å². The number of fused-ring (bicyclic) bond motifs is 1. The second-order valence-corrected chi connectivity index (χ2v) is 9.65. The average molecular weight is 469 g/mol. The van der Waals surface area contributed by atoms with E-state index in [4.69, 9.17) is 14.2 Å². The van der Waals surface area contributed by atoms with Gasteiger partial charge in [0.2, 0.25) is 0 Å². The quantitative estimate of drug-likeness (QED) is 0.488. The summed E-state index contributed by atoms with van der Waals surface area (Å²) in [5.41, 5.74) is 4.11. The smallest absolute Gasteiger partial charge is 0.161 e. The van der Waals surface area contributed by atoms with E-state index in [1.165, 1.54) is 17.7 Å². The summed E-state index contributed by atoms with van der Waals surface area (Å²) in [5.74, 6) is 2.36. The monoisotopic (exact) mass is 468 g/mol. The number of thioether (sulfide) groups is 2. The lowest BCUT2D eigenvalue weighted by atomic mass is 9.95. The van der Waals surface area contributed by atoms with Crippen molar-refractivity contribution in [3.63, 3.8) is 0 Å². The fourth-order valence-corrected chi connectivity index (χ4v) is 5.19. The maximum absolute atomic E-state index is 9.83. The van der Waals surface area contributed by atoms with E-state index in [0.29, 0.717) is 19.8 Å². The summed E-state index contributed by atoms with van der Waals surface area (Å²) >= 11 is 3.45. The Morgan fingerprint density at radius 2 is 1.91 bits per heavy atom. The van der Waals surface area contributed by atoms with Crippen LogP contribution in [0.5, 0.6) is 11.5 Å². The van der Waals surface area contributed by atoms with Gasteiger partial charge < -0.3 is 19.5 Å². The first-order valence-electron chi connectivity index (χ1n) is 10.8. The lowest BCUT2D eigenvalue weighted by molar-refractivity contribution is 0.0896. The van der Waals surface area contributed by atoms with Gasteiger partial charge in [-0.25, -0.2) is 0 Å². The van der Waals surface area contributed by atoms with Gasteiger partial charge in [0.15, 0.2) is 11.5 Å². The molecule has 0 saturated carbocycles. The molecule has 2 aromatic rings. The van der Waals surface area contributed by atoms with E-state index in [1.807, 2.05) is 35.4 Å². The third kappa shape index (κ3) is 5.81.